The molecule has 0 radical (unpaired) electrons. The maximum atomic E-state index is 12.2. The molecule has 3 aromatic carbocycles. The van der Waals surface area contributed by atoms with Gasteiger partial charge in [0.15, 0.2) is 11.5 Å². The number of hydrogen-bond donors (Lipinski definition) is 1. The molecule has 0 fully saturated rings. The first-order valence-corrected chi connectivity index (χ1v) is 10.7. The lowest BCUT2D eigenvalue weighted by atomic mass is 10.1. The monoisotopic (exact) mass is 474 g/mol. The zero-order chi connectivity index (χ0) is 25.0. The van der Waals surface area contributed by atoms with Crippen LogP contribution < -0.4 is 24.4 Å². The second-order valence-corrected chi connectivity index (χ2v) is 7.26. The van der Waals surface area contributed by atoms with E-state index < -0.39 is 5.97 Å². The Bertz CT molecular complexity index is 1220. The maximum absolute atomic E-state index is 12.2. The van der Waals surface area contributed by atoms with Crippen molar-refractivity contribution in [2.75, 3.05) is 21.3 Å². The molecule has 0 atom stereocenters. The topological polar surface area (TPSA) is 95.5 Å². The lowest BCUT2D eigenvalue weighted by molar-refractivity contribution is -0.129. The predicted octanol–water partition coefficient (Wildman–Crippen LogP) is 4.02. The van der Waals surface area contributed by atoms with Gasteiger partial charge in [0.05, 0.1) is 34.0 Å². The molecule has 180 valence electrons. The number of hydrogen-bond acceptors (Lipinski definition) is 7. The average molecular weight is 475 g/mol. The number of carbonyl (C=O) groups is 2. The van der Waals surface area contributed by atoms with Crippen LogP contribution in [0.25, 0.3) is 6.08 Å². The minimum atomic E-state index is -0.516. The molecule has 3 rings (SSSR count). The zero-order valence-electron chi connectivity index (χ0n) is 19.7. The lowest BCUT2D eigenvalue weighted by Gasteiger charge is -2.09. The van der Waals surface area contributed by atoms with Crippen molar-refractivity contribution in [1.82, 2.24) is 5.43 Å². The normalized spacial score (nSPS) is 10.8. The fourth-order valence-corrected chi connectivity index (χ4v) is 3.08. The minimum Gasteiger partial charge on any atom is -0.497 e. The third-order valence-electron chi connectivity index (χ3n) is 4.82. The molecule has 0 spiro atoms. The Labute approximate surface area is 203 Å². The van der Waals surface area contributed by atoms with E-state index in [0.29, 0.717) is 22.8 Å². The Hall–Kier alpha value is -4.59. The third kappa shape index (κ3) is 7.75. The van der Waals surface area contributed by atoms with Crippen molar-refractivity contribution in [2.24, 2.45) is 5.10 Å². The van der Waals surface area contributed by atoms with Crippen LogP contribution in [-0.4, -0.2) is 39.4 Å². The first kappa shape index (κ1) is 25.0. The Balaban J connectivity index is 1.52. The Morgan fingerprint density at radius 2 is 1.60 bits per heavy atom. The van der Waals surface area contributed by atoms with Gasteiger partial charge in [-0.1, -0.05) is 30.3 Å². The number of ether oxygens (including phenoxy) is 4. The zero-order valence-corrected chi connectivity index (χ0v) is 19.7. The van der Waals surface area contributed by atoms with E-state index in [2.05, 4.69) is 10.5 Å². The number of methoxy groups -OCH3 is 3. The summed E-state index contributed by atoms with van der Waals surface area (Å²) in [6.07, 6.45) is 4.59. The van der Waals surface area contributed by atoms with Gasteiger partial charge in [-0.3, -0.25) is 4.79 Å². The van der Waals surface area contributed by atoms with E-state index in [-0.39, 0.29) is 12.3 Å². The van der Waals surface area contributed by atoms with Crippen molar-refractivity contribution in [3.05, 3.63) is 89.5 Å². The highest BCUT2D eigenvalue weighted by Crippen LogP contribution is 2.27. The molecule has 0 aliphatic rings. The second kappa shape index (κ2) is 12.6. The number of amides is 1. The van der Waals surface area contributed by atoms with Gasteiger partial charge in [-0.2, -0.15) is 5.10 Å². The van der Waals surface area contributed by atoms with Crippen LogP contribution in [0.5, 0.6) is 23.0 Å². The summed E-state index contributed by atoms with van der Waals surface area (Å²) in [6, 6.07) is 19.3. The first-order valence-electron chi connectivity index (χ1n) is 10.7. The number of hydrazone groups is 1. The van der Waals surface area contributed by atoms with E-state index in [0.717, 1.165) is 16.9 Å². The molecule has 0 aliphatic heterocycles. The number of carbonyl (C=O) groups excluding carboxylic acids is 2. The van der Waals surface area contributed by atoms with E-state index in [1.165, 1.54) is 19.4 Å². The molecule has 0 bridgehead atoms. The predicted molar refractivity (Wildman–Crippen MR) is 133 cm³/mol. The SMILES string of the molecule is COc1ccc(/C=C\C(=O)Oc2cccc(/C=N\NC(=O)Cc3ccc(OC)c(OC)c3)c2)cc1. The molecule has 0 unspecified atom stereocenters. The van der Waals surface area contributed by atoms with E-state index in [4.69, 9.17) is 18.9 Å². The molecule has 3 aromatic rings. The molecule has 0 aliphatic carbocycles. The largest absolute Gasteiger partial charge is 0.497 e. The van der Waals surface area contributed by atoms with Gasteiger partial charge in [0.25, 0.3) is 0 Å². The van der Waals surface area contributed by atoms with Crippen LogP contribution in [0.3, 0.4) is 0 Å². The fraction of sp³-hybridized carbons (Fsp3) is 0.148. The number of benzene rings is 3. The molecular weight excluding hydrogens is 448 g/mol. The summed E-state index contributed by atoms with van der Waals surface area (Å²) in [7, 11) is 4.68. The Morgan fingerprint density at radius 3 is 2.31 bits per heavy atom. The van der Waals surface area contributed by atoms with E-state index >= 15 is 0 Å². The van der Waals surface area contributed by atoms with Crippen LogP contribution in [0, 0.1) is 0 Å². The molecule has 8 heteroatoms. The average Bonchev–Trinajstić information content (AvgIpc) is 2.88. The van der Waals surface area contributed by atoms with Gasteiger partial charge in [-0.15, -0.1) is 0 Å². The molecule has 0 heterocycles. The highest BCUT2D eigenvalue weighted by molar-refractivity contribution is 5.89. The highest BCUT2D eigenvalue weighted by atomic mass is 16.5. The van der Waals surface area contributed by atoms with Crippen LogP contribution in [-0.2, 0) is 16.0 Å². The van der Waals surface area contributed by atoms with Crippen molar-refractivity contribution in [1.29, 1.82) is 0 Å². The van der Waals surface area contributed by atoms with E-state index in [1.807, 2.05) is 12.1 Å². The number of nitrogens with one attached hydrogen (secondary N) is 1. The van der Waals surface area contributed by atoms with Gasteiger partial charge < -0.3 is 18.9 Å². The molecule has 1 N–H and O–H groups in total. The van der Waals surface area contributed by atoms with Crippen molar-refractivity contribution in [2.45, 2.75) is 6.42 Å². The molecule has 35 heavy (non-hydrogen) atoms. The van der Waals surface area contributed by atoms with Crippen molar-refractivity contribution >= 4 is 24.2 Å². The Kier molecular flexibility index (Phi) is 9.01. The van der Waals surface area contributed by atoms with E-state index in [9.17, 15) is 9.59 Å². The van der Waals surface area contributed by atoms with Crippen molar-refractivity contribution in [3.8, 4) is 23.0 Å². The summed E-state index contributed by atoms with van der Waals surface area (Å²) in [6.45, 7) is 0. The summed E-state index contributed by atoms with van der Waals surface area (Å²) in [5, 5.41) is 3.98. The second-order valence-electron chi connectivity index (χ2n) is 7.26. The smallest absolute Gasteiger partial charge is 0.336 e. The van der Waals surface area contributed by atoms with Gasteiger partial charge in [-0.25, -0.2) is 10.2 Å². The van der Waals surface area contributed by atoms with Gasteiger partial charge in [0, 0.05) is 6.08 Å². The van der Waals surface area contributed by atoms with Gasteiger partial charge in [-0.05, 0) is 59.2 Å². The minimum absolute atomic E-state index is 0.121. The van der Waals surface area contributed by atoms with Crippen LogP contribution in [0.2, 0.25) is 0 Å². The summed E-state index contributed by atoms with van der Waals surface area (Å²) in [5.41, 5.74) is 4.73. The molecule has 1 amide bonds. The maximum Gasteiger partial charge on any atom is 0.336 e. The van der Waals surface area contributed by atoms with Gasteiger partial charge in [0.1, 0.15) is 11.5 Å². The van der Waals surface area contributed by atoms with E-state index in [1.54, 1.807) is 74.9 Å². The Morgan fingerprint density at radius 1 is 0.829 bits per heavy atom. The third-order valence-corrected chi connectivity index (χ3v) is 4.82. The fourth-order valence-electron chi connectivity index (χ4n) is 3.08. The first-order chi connectivity index (χ1) is 17.0. The van der Waals surface area contributed by atoms with Crippen LogP contribution in [0.4, 0.5) is 0 Å². The summed E-state index contributed by atoms with van der Waals surface area (Å²) >= 11 is 0. The lowest BCUT2D eigenvalue weighted by Crippen LogP contribution is -2.19. The van der Waals surface area contributed by atoms with Crippen molar-refractivity contribution in [3.63, 3.8) is 0 Å². The molecule has 0 saturated heterocycles. The molecule has 0 saturated carbocycles. The van der Waals surface area contributed by atoms with Crippen LogP contribution in [0.15, 0.2) is 77.9 Å². The molecule has 8 nitrogen and oxygen atoms in total. The number of rotatable bonds is 10. The number of esters is 1. The van der Waals surface area contributed by atoms with Crippen LogP contribution in [0.1, 0.15) is 16.7 Å². The summed E-state index contributed by atoms with van der Waals surface area (Å²) in [4.78, 5) is 24.4. The highest BCUT2D eigenvalue weighted by Gasteiger charge is 2.08. The number of nitrogens with zero attached hydrogens (tertiary/aromatic N) is 1. The van der Waals surface area contributed by atoms with Crippen molar-refractivity contribution < 1.29 is 28.5 Å². The quantitative estimate of drug-likeness (QED) is 0.157. The van der Waals surface area contributed by atoms with Gasteiger partial charge in [0.2, 0.25) is 5.91 Å². The standard InChI is InChI=1S/C27H26N2O6/c1-32-22-11-7-19(8-12-22)10-14-27(31)35-23-6-4-5-21(15-23)18-28-29-26(30)17-20-9-13-24(33-2)25(16-20)34-3/h4-16,18H,17H2,1-3H3,(H,29,30)/b14-10-,28-18-. The summed E-state index contributed by atoms with van der Waals surface area (Å²) < 4.78 is 20.9. The summed E-state index contributed by atoms with van der Waals surface area (Å²) in [5.74, 6) is 1.42. The van der Waals surface area contributed by atoms with Crippen LogP contribution >= 0.6 is 0 Å². The van der Waals surface area contributed by atoms with Gasteiger partial charge >= 0.3 is 5.97 Å². The molecule has 0 aromatic heterocycles. The molecular formula is C27H26N2O6.